The Labute approximate surface area is 158 Å². The molecule has 2 heterocycles. The molecular weight excluding hydrogens is 374 g/mol. The minimum absolute atomic E-state index is 0.0643. The number of hydrogen-bond donors (Lipinski definition) is 0. The van der Waals surface area contributed by atoms with Crippen LogP contribution in [0.3, 0.4) is 0 Å². The predicted octanol–water partition coefficient (Wildman–Crippen LogP) is 4.97. The van der Waals surface area contributed by atoms with Crippen LogP contribution in [0.25, 0.3) is 32.9 Å². The quantitative estimate of drug-likeness (QED) is 0.465. The van der Waals surface area contributed by atoms with E-state index in [2.05, 4.69) is 15.0 Å². The van der Waals surface area contributed by atoms with Crippen LogP contribution in [0.4, 0.5) is 14.7 Å². The average Bonchev–Trinajstić information content (AvgIpc) is 2.67. The summed E-state index contributed by atoms with van der Waals surface area (Å²) < 4.78 is 34.2. The molecule has 136 valence electrons. The summed E-state index contributed by atoms with van der Waals surface area (Å²) in [6.45, 7) is 0. The average molecular weight is 387 g/mol. The Morgan fingerprint density at radius 1 is 1.11 bits per heavy atom. The maximum absolute atomic E-state index is 15.4. The fourth-order valence-electron chi connectivity index (χ4n) is 3.03. The van der Waals surface area contributed by atoms with Crippen LogP contribution >= 0.6 is 11.6 Å². The van der Waals surface area contributed by atoms with E-state index in [1.165, 1.54) is 13.3 Å². The van der Waals surface area contributed by atoms with Gasteiger partial charge in [-0.25, -0.2) is 4.39 Å². The molecule has 0 bridgehead atoms. The second kappa shape index (κ2) is 6.59. The monoisotopic (exact) mass is 386 g/mol. The zero-order valence-electron chi connectivity index (χ0n) is 14.4. The molecule has 0 aliphatic rings. The van der Waals surface area contributed by atoms with Crippen molar-refractivity contribution in [2.45, 2.75) is 0 Å². The van der Waals surface area contributed by atoms with Crippen molar-refractivity contribution in [1.82, 2.24) is 15.0 Å². The van der Waals surface area contributed by atoms with Crippen molar-refractivity contribution in [3.8, 4) is 17.3 Å². The lowest BCUT2D eigenvalue weighted by Crippen LogP contribution is -2.09. The van der Waals surface area contributed by atoms with E-state index in [4.69, 9.17) is 16.3 Å². The molecule has 0 amide bonds. The van der Waals surface area contributed by atoms with Crippen molar-refractivity contribution in [3.63, 3.8) is 0 Å². The van der Waals surface area contributed by atoms with Crippen LogP contribution in [0.2, 0.25) is 5.02 Å². The van der Waals surface area contributed by atoms with Crippen molar-refractivity contribution in [1.29, 1.82) is 0 Å². The first-order valence-electron chi connectivity index (χ1n) is 7.98. The van der Waals surface area contributed by atoms with Crippen LogP contribution in [-0.2, 0) is 0 Å². The zero-order chi connectivity index (χ0) is 19.1. The maximum atomic E-state index is 15.4. The van der Waals surface area contributed by atoms with Gasteiger partial charge in [-0.1, -0.05) is 46.4 Å². The van der Waals surface area contributed by atoms with Crippen LogP contribution in [-0.4, -0.2) is 29.1 Å². The van der Waals surface area contributed by atoms with Gasteiger partial charge in [-0.3, -0.25) is 4.98 Å². The van der Waals surface area contributed by atoms with Crippen molar-refractivity contribution >= 4 is 39.1 Å². The van der Waals surface area contributed by atoms with Gasteiger partial charge in [0.05, 0.1) is 12.5 Å². The van der Waals surface area contributed by atoms with E-state index in [0.29, 0.717) is 16.0 Å². The Bertz CT molecular complexity index is 1180. The minimum Gasteiger partial charge on any atom is -0.467 e. The number of anilines is 1. The number of fused-ring (bicyclic) bond motifs is 2. The third-order valence-electron chi connectivity index (χ3n) is 4.23. The van der Waals surface area contributed by atoms with Gasteiger partial charge in [0.1, 0.15) is 11.2 Å². The molecule has 27 heavy (non-hydrogen) atoms. The van der Waals surface area contributed by atoms with E-state index in [-0.39, 0.29) is 33.5 Å². The summed E-state index contributed by atoms with van der Waals surface area (Å²) in [4.78, 5) is 12.2. The molecule has 0 saturated heterocycles. The van der Waals surface area contributed by atoms with Crippen LogP contribution in [0.15, 0.2) is 42.6 Å². The summed E-state index contributed by atoms with van der Waals surface area (Å²) in [5.41, 5.74) is 0.495. The molecule has 2 aromatic heterocycles. The molecule has 0 N–H and O–H groups in total. The predicted molar refractivity (Wildman–Crippen MR) is 101 cm³/mol. The second-order valence-corrected chi connectivity index (χ2v) is 6.24. The van der Waals surface area contributed by atoms with E-state index in [0.717, 1.165) is 12.4 Å². The lowest BCUT2D eigenvalue weighted by Gasteiger charge is -2.13. The van der Waals surface area contributed by atoms with E-state index in [1.807, 2.05) is 18.2 Å². The van der Waals surface area contributed by atoms with Gasteiger partial charge in [0.2, 0.25) is 0 Å². The summed E-state index contributed by atoms with van der Waals surface area (Å²) >= 11 is 6.35. The Morgan fingerprint density at radius 3 is 2.56 bits per heavy atom. The third kappa shape index (κ3) is 2.80. The molecule has 0 fully saturated rings. The number of ether oxygens (including phenoxy) is 1. The minimum atomic E-state index is -0.705. The number of rotatable bonds is 3. The number of halogens is 3. The maximum Gasteiger partial charge on any atom is 0.318 e. The molecule has 0 aliphatic carbocycles. The molecule has 0 atom stereocenters. The van der Waals surface area contributed by atoms with E-state index < -0.39 is 5.82 Å². The number of nitrogens with zero attached hydrogens (tertiary/aromatic N) is 4. The first-order valence-corrected chi connectivity index (χ1v) is 8.36. The molecule has 2 aromatic carbocycles. The summed E-state index contributed by atoms with van der Waals surface area (Å²) in [5, 5.41) is 2.41. The van der Waals surface area contributed by atoms with Gasteiger partial charge in [0.25, 0.3) is 0 Å². The Hall–Kier alpha value is -3.06. The van der Waals surface area contributed by atoms with Gasteiger partial charge < -0.3 is 4.74 Å². The van der Waals surface area contributed by atoms with Crippen molar-refractivity contribution in [2.75, 3.05) is 19.3 Å². The van der Waals surface area contributed by atoms with Gasteiger partial charge in [-0.2, -0.15) is 15.1 Å². The molecule has 8 heteroatoms. The Kier molecular flexibility index (Phi) is 4.24. The SMILES string of the molecule is COc1nc(N(C)F)c2cnc(-c3cccc4cccc(Cl)c34)c(F)c2n1. The van der Waals surface area contributed by atoms with Gasteiger partial charge in [-0.05, 0) is 11.5 Å². The molecule has 0 spiro atoms. The fourth-order valence-corrected chi connectivity index (χ4v) is 3.31. The zero-order valence-corrected chi connectivity index (χ0v) is 15.1. The second-order valence-electron chi connectivity index (χ2n) is 5.84. The molecule has 4 aromatic rings. The number of methoxy groups -OCH3 is 1. The third-order valence-corrected chi connectivity index (χ3v) is 4.54. The highest BCUT2D eigenvalue weighted by molar-refractivity contribution is 6.36. The number of pyridine rings is 1. The Morgan fingerprint density at radius 2 is 1.85 bits per heavy atom. The van der Waals surface area contributed by atoms with E-state index in [9.17, 15) is 4.48 Å². The number of benzene rings is 2. The first kappa shape index (κ1) is 17.4. The largest absolute Gasteiger partial charge is 0.467 e. The van der Waals surface area contributed by atoms with Crippen LogP contribution in [0, 0.1) is 5.82 Å². The number of hydrogen-bond acceptors (Lipinski definition) is 5. The molecule has 0 unspecified atom stereocenters. The van der Waals surface area contributed by atoms with Crippen molar-refractivity contribution in [2.24, 2.45) is 0 Å². The van der Waals surface area contributed by atoms with E-state index >= 15 is 4.39 Å². The van der Waals surface area contributed by atoms with Gasteiger partial charge in [-0.15, -0.1) is 0 Å². The Balaban J connectivity index is 2.07. The van der Waals surface area contributed by atoms with Crippen LogP contribution < -0.4 is 9.86 Å². The summed E-state index contributed by atoms with van der Waals surface area (Å²) in [7, 11) is 2.48. The topological polar surface area (TPSA) is 51.1 Å². The normalized spacial score (nSPS) is 11.1. The van der Waals surface area contributed by atoms with E-state index in [1.54, 1.807) is 18.2 Å². The van der Waals surface area contributed by atoms with Crippen molar-refractivity contribution in [3.05, 3.63) is 53.4 Å². The van der Waals surface area contributed by atoms with Gasteiger partial charge in [0.15, 0.2) is 11.6 Å². The first-order chi connectivity index (χ1) is 13.0. The highest BCUT2D eigenvalue weighted by Gasteiger charge is 2.20. The smallest absolute Gasteiger partial charge is 0.318 e. The molecule has 0 saturated carbocycles. The molecule has 5 nitrogen and oxygen atoms in total. The fraction of sp³-hybridized carbons (Fsp3) is 0.105. The van der Waals surface area contributed by atoms with Crippen LogP contribution in [0.1, 0.15) is 0 Å². The molecular formula is C19H13ClF2N4O. The summed E-state index contributed by atoms with van der Waals surface area (Å²) in [6, 6.07) is 10.7. The highest BCUT2D eigenvalue weighted by atomic mass is 35.5. The molecule has 0 radical (unpaired) electrons. The lowest BCUT2D eigenvalue weighted by atomic mass is 10.0. The molecule has 4 rings (SSSR count). The molecule has 0 aliphatic heterocycles. The van der Waals surface area contributed by atoms with Gasteiger partial charge >= 0.3 is 6.01 Å². The summed E-state index contributed by atoms with van der Waals surface area (Å²) in [6.07, 6.45) is 1.34. The van der Waals surface area contributed by atoms with Gasteiger partial charge in [0, 0.05) is 29.2 Å². The summed E-state index contributed by atoms with van der Waals surface area (Å²) in [5.74, 6) is -0.838. The standard InChI is InChI=1S/C19H13ClF2N4O/c1-26(22)18-12-9-23-16(15(21)17(12)24-19(25-18)27-2)11-7-3-5-10-6-4-8-13(20)14(10)11/h3-9H,1-2H3. The number of aromatic nitrogens is 3. The highest BCUT2D eigenvalue weighted by Crippen LogP contribution is 2.36. The lowest BCUT2D eigenvalue weighted by molar-refractivity contribution is 0.378. The van der Waals surface area contributed by atoms with Crippen LogP contribution in [0.5, 0.6) is 6.01 Å². The van der Waals surface area contributed by atoms with Crippen molar-refractivity contribution < 1.29 is 13.6 Å².